The standard InChI is InChI=1S/C48H47N5O7S4/c1-2-3-4-5-8-30-28-40(64-43(30)38-10-7-26-62-38)44-31(27-39(63-44)37-9-6-25-61-37)11-12-32-29-51(50-49-32)17-21-59-22-18-52-45(55)33-13-15-35-42-36(16-14-34(41(33)42)46(52)56)48(58)53(47(35)57)19-23-60-24-20-54/h6-7,9-10,13-16,25-29,54H,2-5,8,11-12,17-24H2,1H3. The van der Waals surface area contributed by atoms with Crippen molar-refractivity contribution in [3.63, 3.8) is 0 Å². The molecule has 0 saturated carbocycles. The average Bonchev–Trinajstić information content (AvgIpc) is 4.17. The van der Waals surface area contributed by atoms with Crippen LogP contribution >= 0.6 is 45.3 Å². The van der Waals surface area contributed by atoms with Gasteiger partial charge in [-0.15, -0.1) is 50.4 Å². The summed E-state index contributed by atoms with van der Waals surface area (Å²) in [5, 5.41) is 22.8. The van der Waals surface area contributed by atoms with Gasteiger partial charge in [0.25, 0.3) is 23.6 Å². The van der Waals surface area contributed by atoms with Crippen LogP contribution in [0.2, 0.25) is 0 Å². The number of aromatic nitrogens is 3. The van der Waals surface area contributed by atoms with Gasteiger partial charge >= 0.3 is 0 Å². The van der Waals surface area contributed by atoms with Crippen molar-refractivity contribution in [1.29, 1.82) is 0 Å². The Balaban J connectivity index is 0.816. The van der Waals surface area contributed by atoms with E-state index in [1.165, 1.54) is 78.2 Å². The number of unbranched alkanes of at least 4 members (excludes halogenated alkanes) is 3. The highest BCUT2D eigenvalue weighted by Gasteiger charge is 2.39. The highest BCUT2D eigenvalue weighted by molar-refractivity contribution is 7.28. The number of ether oxygens (including phenoxy) is 2. The van der Waals surface area contributed by atoms with Crippen molar-refractivity contribution in [2.45, 2.75) is 58.4 Å². The van der Waals surface area contributed by atoms with Crippen LogP contribution in [0.4, 0.5) is 0 Å². The molecule has 0 unspecified atom stereocenters. The van der Waals surface area contributed by atoms with Crippen LogP contribution < -0.4 is 0 Å². The molecule has 0 fully saturated rings. The van der Waals surface area contributed by atoms with E-state index in [-0.39, 0.29) is 61.8 Å². The lowest BCUT2D eigenvalue weighted by atomic mass is 9.86. The van der Waals surface area contributed by atoms with Gasteiger partial charge in [0.1, 0.15) is 0 Å². The topological polar surface area (TPSA) is 144 Å². The summed E-state index contributed by atoms with van der Waals surface area (Å²) in [6.07, 6.45) is 9.56. The number of thiophene rings is 4. The van der Waals surface area contributed by atoms with Gasteiger partial charge in [0, 0.05) is 68.5 Å². The van der Waals surface area contributed by atoms with Gasteiger partial charge in [0.15, 0.2) is 0 Å². The van der Waals surface area contributed by atoms with Crippen molar-refractivity contribution >= 4 is 79.7 Å². The number of aliphatic hydroxyl groups is 1. The number of imide groups is 2. The van der Waals surface area contributed by atoms with Crippen molar-refractivity contribution in [2.75, 3.05) is 46.1 Å². The summed E-state index contributed by atoms with van der Waals surface area (Å²) in [7, 11) is 0. The number of rotatable bonds is 22. The van der Waals surface area contributed by atoms with E-state index >= 15 is 0 Å². The molecule has 0 atom stereocenters. The molecule has 7 heterocycles. The van der Waals surface area contributed by atoms with Crippen molar-refractivity contribution in [1.82, 2.24) is 24.8 Å². The second-order valence-electron chi connectivity index (χ2n) is 15.7. The van der Waals surface area contributed by atoms with Crippen molar-refractivity contribution in [3.8, 4) is 29.3 Å². The maximum Gasteiger partial charge on any atom is 0.261 e. The highest BCUT2D eigenvalue weighted by atomic mass is 32.1. The molecule has 12 nitrogen and oxygen atoms in total. The van der Waals surface area contributed by atoms with E-state index in [1.54, 1.807) is 28.2 Å². The van der Waals surface area contributed by atoms with Gasteiger partial charge in [-0.3, -0.25) is 29.0 Å². The Morgan fingerprint density at radius 3 is 1.73 bits per heavy atom. The minimum Gasteiger partial charge on any atom is -0.394 e. The fourth-order valence-electron chi connectivity index (χ4n) is 8.39. The lowest BCUT2D eigenvalue weighted by Gasteiger charge is -2.31. The Kier molecular flexibility index (Phi) is 13.7. The summed E-state index contributed by atoms with van der Waals surface area (Å²) in [5.41, 5.74) is 4.66. The Hall–Kier alpha value is -5.20. The summed E-state index contributed by atoms with van der Waals surface area (Å²) in [5.74, 6) is -2.06. The van der Waals surface area contributed by atoms with E-state index < -0.39 is 23.6 Å². The van der Waals surface area contributed by atoms with Crippen LogP contribution in [0.3, 0.4) is 0 Å². The van der Waals surface area contributed by atoms with E-state index in [0.29, 0.717) is 23.9 Å². The van der Waals surface area contributed by atoms with Crippen molar-refractivity contribution < 1.29 is 33.8 Å². The third kappa shape index (κ3) is 8.92. The van der Waals surface area contributed by atoms with E-state index in [9.17, 15) is 19.2 Å². The molecule has 2 aliphatic rings. The summed E-state index contributed by atoms with van der Waals surface area (Å²) < 4.78 is 13.0. The number of benzene rings is 2. The first-order chi connectivity index (χ1) is 31.3. The third-order valence-electron chi connectivity index (χ3n) is 11.6. The highest BCUT2D eigenvalue weighted by Crippen LogP contribution is 2.47. The summed E-state index contributed by atoms with van der Waals surface area (Å²) in [6, 6.07) is 19.6. The lowest BCUT2D eigenvalue weighted by molar-refractivity contribution is 0.0471. The molecule has 0 aliphatic carbocycles. The molecule has 4 amide bonds. The molecule has 0 radical (unpaired) electrons. The molecule has 7 aromatic rings. The molecule has 64 heavy (non-hydrogen) atoms. The largest absolute Gasteiger partial charge is 0.394 e. The maximum atomic E-state index is 13.7. The molecule has 16 heteroatoms. The molecule has 0 bridgehead atoms. The van der Waals surface area contributed by atoms with Crippen molar-refractivity contribution in [3.05, 3.63) is 117 Å². The molecule has 2 aromatic carbocycles. The minimum atomic E-state index is -0.524. The Bertz CT molecular complexity index is 2740. The van der Waals surface area contributed by atoms with Crippen LogP contribution in [-0.4, -0.2) is 99.7 Å². The fraction of sp³-hybridized carbons (Fsp3) is 0.333. The molecule has 0 spiro atoms. The summed E-state index contributed by atoms with van der Waals surface area (Å²) in [4.78, 5) is 64.4. The first-order valence-corrected chi connectivity index (χ1v) is 25.0. The maximum absolute atomic E-state index is 13.7. The zero-order chi connectivity index (χ0) is 44.2. The van der Waals surface area contributed by atoms with Gasteiger partial charge < -0.3 is 14.6 Å². The van der Waals surface area contributed by atoms with Gasteiger partial charge in [0.05, 0.1) is 58.4 Å². The van der Waals surface area contributed by atoms with Crippen LogP contribution in [-0.2, 0) is 35.3 Å². The van der Waals surface area contributed by atoms with Crippen LogP contribution in [0.5, 0.6) is 0 Å². The van der Waals surface area contributed by atoms with Gasteiger partial charge in [-0.05, 0) is 96.1 Å². The molecule has 2 aliphatic heterocycles. The first kappa shape index (κ1) is 44.0. The second-order valence-corrected chi connectivity index (χ2v) is 19.7. The van der Waals surface area contributed by atoms with E-state index in [1.807, 2.05) is 40.2 Å². The number of aryl methyl sites for hydroxylation is 3. The normalized spacial score (nSPS) is 13.7. The SMILES string of the molecule is CCCCCCc1cc(-c2sc(-c3cccs3)cc2CCc2cn(CCOCCN3C(=O)c4ccc5c6c(ccc(c46)C3=O)C(=O)N(CCOCCO)C5=O)nn2)sc1-c1cccs1. The Morgan fingerprint density at radius 1 is 0.594 bits per heavy atom. The molecule has 1 N–H and O–H groups in total. The fourth-order valence-corrected chi connectivity index (χ4v) is 12.7. The molecular weight excluding hydrogens is 887 g/mol. The number of carbonyl (C=O) groups is 4. The molecular formula is C48H47N5O7S4. The summed E-state index contributed by atoms with van der Waals surface area (Å²) in [6.45, 7) is 3.15. The van der Waals surface area contributed by atoms with E-state index in [4.69, 9.17) is 14.6 Å². The number of hydrogen-bond donors (Lipinski definition) is 1. The zero-order valence-electron chi connectivity index (χ0n) is 35.4. The van der Waals surface area contributed by atoms with Crippen LogP contribution in [0.25, 0.3) is 40.0 Å². The first-order valence-electron chi connectivity index (χ1n) is 21.7. The number of amides is 4. The zero-order valence-corrected chi connectivity index (χ0v) is 38.6. The predicted octanol–water partition coefficient (Wildman–Crippen LogP) is 9.50. The Labute approximate surface area is 386 Å². The van der Waals surface area contributed by atoms with Gasteiger partial charge in [-0.2, -0.15) is 0 Å². The Morgan fingerprint density at radius 2 is 1.14 bits per heavy atom. The van der Waals surface area contributed by atoms with E-state index in [2.05, 4.69) is 64.4 Å². The minimum absolute atomic E-state index is 0.00741. The predicted molar refractivity (Wildman–Crippen MR) is 253 cm³/mol. The van der Waals surface area contributed by atoms with Crippen LogP contribution in [0, 0.1) is 0 Å². The van der Waals surface area contributed by atoms with E-state index in [0.717, 1.165) is 34.8 Å². The number of aliphatic hydroxyl groups excluding tert-OH is 1. The quantitative estimate of drug-likeness (QED) is 0.0519. The van der Waals surface area contributed by atoms with Gasteiger partial charge in [-0.25, -0.2) is 4.68 Å². The number of hydrogen-bond acceptors (Lipinski definition) is 13. The van der Waals surface area contributed by atoms with Gasteiger partial charge in [-0.1, -0.05) is 43.5 Å². The second kappa shape index (κ2) is 19.9. The van der Waals surface area contributed by atoms with Crippen molar-refractivity contribution in [2.24, 2.45) is 0 Å². The lowest BCUT2D eigenvalue weighted by Crippen LogP contribution is -2.45. The molecule has 330 valence electrons. The van der Waals surface area contributed by atoms with Crippen LogP contribution in [0.15, 0.2) is 77.6 Å². The monoisotopic (exact) mass is 933 g/mol. The molecule has 5 aromatic heterocycles. The smallest absolute Gasteiger partial charge is 0.261 e. The van der Waals surface area contributed by atoms with Gasteiger partial charge in [0.2, 0.25) is 0 Å². The molecule has 9 rings (SSSR count). The number of nitrogens with zero attached hydrogens (tertiary/aromatic N) is 5. The van der Waals surface area contributed by atoms with Crippen LogP contribution in [0.1, 0.15) is 90.9 Å². The average molecular weight is 934 g/mol. The summed E-state index contributed by atoms with van der Waals surface area (Å²) >= 11 is 7.37. The number of carbonyl (C=O) groups excluding carboxylic acids is 4. The third-order valence-corrected chi connectivity index (χ3v) is 16.2. The molecule has 0 saturated heterocycles.